The Kier molecular flexibility index (Phi) is 6.51. The van der Waals surface area contributed by atoms with E-state index < -0.39 is 0 Å². The highest BCUT2D eigenvalue weighted by Gasteiger charge is 2.23. The van der Waals surface area contributed by atoms with Gasteiger partial charge in [-0.2, -0.15) is 0 Å². The lowest BCUT2D eigenvalue weighted by Crippen LogP contribution is -2.50. The van der Waals surface area contributed by atoms with Crippen LogP contribution < -0.4 is 5.32 Å². The van der Waals surface area contributed by atoms with Crippen molar-refractivity contribution in [2.24, 2.45) is 0 Å². The van der Waals surface area contributed by atoms with Crippen molar-refractivity contribution in [2.75, 3.05) is 38.0 Å². The summed E-state index contributed by atoms with van der Waals surface area (Å²) in [6.45, 7) is 2.76. The molecule has 1 aliphatic rings. The number of hydrogen-bond acceptors (Lipinski definition) is 6. The Bertz CT molecular complexity index is 1020. The first-order valence-electron chi connectivity index (χ1n) is 9.54. The number of carbonyl (C=O) groups is 2. The van der Waals surface area contributed by atoms with E-state index in [9.17, 15) is 9.59 Å². The van der Waals surface area contributed by atoms with E-state index in [0.29, 0.717) is 36.9 Å². The van der Waals surface area contributed by atoms with Crippen LogP contribution in [0.4, 0.5) is 5.13 Å². The third-order valence-electron chi connectivity index (χ3n) is 4.81. The molecule has 2 heterocycles. The molecule has 1 aliphatic heterocycles. The molecule has 0 atom stereocenters. The molecule has 3 aromatic rings. The Morgan fingerprint density at radius 2 is 1.67 bits per heavy atom. The highest BCUT2D eigenvalue weighted by Crippen LogP contribution is 2.25. The fourth-order valence-electron chi connectivity index (χ4n) is 3.22. The molecule has 9 heteroatoms. The highest BCUT2D eigenvalue weighted by atomic mass is 79.9. The van der Waals surface area contributed by atoms with Gasteiger partial charge in [0.2, 0.25) is 11.0 Å². The summed E-state index contributed by atoms with van der Waals surface area (Å²) in [5.74, 6) is -0.104. The van der Waals surface area contributed by atoms with E-state index >= 15 is 0 Å². The second-order valence-corrected chi connectivity index (χ2v) is 8.80. The van der Waals surface area contributed by atoms with E-state index in [2.05, 4.69) is 31.4 Å². The average Bonchev–Trinajstić information content (AvgIpc) is 3.23. The zero-order valence-corrected chi connectivity index (χ0v) is 18.5. The van der Waals surface area contributed by atoms with Crippen LogP contribution in [0.5, 0.6) is 0 Å². The molecule has 0 saturated carbocycles. The van der Waals surface area contributed by atoms with Gasteiger partial charge in [-0.05, 0) is 24.3 Å². The van der Waals surface area contributed by atoms with Gasteiger partial charge >= 0.3 is 0 Å². The first kappa shape index (κ1) is 20.6. The van der Waals surface area contributed by atoms with Gasteiger partial charge in [-0.25, -0.2) is 0 Å². The van der Waals surface area contributed by atoms with Gasteiger partial charge in [0, 0.05) is 41.8 Å². The molecule has 2 aromatic carbocycles. The van der Waals surface area contributed by atoms with Crippen LogP contribution in [0.2, 0.25) is 0 Å². The van der Waals surface area contributed by atoms with E-state index in [-0.39, 0.29) is 18.4 Å². The van der Waals surface area contributed by atoms with Crippen LogP contribution in [0.3, 0.4) is 0 Å². The fraction of sp³-hybridized carbons (Fsp3) is 0.238. The SMILES string of the molecule is O=C(CN1CCN(C(=O)c2ccc(Br)cc2)CC1)Nc1nnc(-c2ccccc2)s1. The summed E-state index contributed by atoms with van der Waals surface area (Å²) >= 11 is 4.73. The summed E-state index contributed by atoms with van der Waals surface area (Å²) in [6, 6.07) is 17.1. The molecule has 7 nitrogen and oxygen atoms in total. The van der Waals surface area contributed by atoms with E-state index in [1.54, 1.807) is 0 Å². The Hall–Kier alpha value is -2.62. The molecule has 30 heavy (non-hydrogen) atoms. The highest BCUT2D eigenvalue weighted by molar-refractivity contribution is 9.10. The number of hydrogen-bond donors (Lipinski definition) is 1. The number of nitrogens with zero attached hydrogens (tertiary/aromatic N) is 4. The van der Waals surface area contributed by atoms with Crippen LogP contribution in [0.15, 0.2) is 59.1 Å². The minimum Gasteiger partial charge on any atom is -0.336 e. The second kappa shape index (κ2) is 9.46. The van der Waals surface area contributed by atoms with Crippen molar-refractivity contribution >= 4 is 44.2 Å². The predicted octanol–water partition coefficient (Wildman–Crippen LogP) is 3.36. The summed E-state index contributed by atoms with van der Waals surface area (Å²) < 4.78 is 0.946. The lowest BCUT2D eigenvalue weighted by molar-refractivity contribution is -0.117. The fourth-order valence-corrected chi connectivity index (χ4v) is 4.25. The number of anilines is 1. The van der Waals surface area contributed by atoms with Gasteiger partial charge in [0.15, 0.2) is 0 Å². The number of amides is 2. The number of carbonyl (C=O) groups excluding carboxylic acids is 2. The summed E-state index contributed by atoms with van der Waals surface area (Å²) in [7, 11) is 0. The van der Waals surface area contributed by atoms with Crippen LogP contribution in [0, 0.1) is 0 Å². The third-order valence-corrected chi connectivity index (χ3v) is 6.23. The first-order chi connectivity index (χ1) is 14.6. The lowest BCUT2D eigenvalue weighted by Gasteiger charge is -2.34. The van der Waals surface area contributed by atoms with Gasteiger partial charge in [0.1, 0.15) is 5.01 Å². The van der Waals surface area contributed by atoms with Gasteiger partial charge in [0.05, 0.1) is 6.54 Å². The molecule has 0 spiro atoms. The van der Waals surface area contributed by atoms with E-state index in [1.807, 2.05) is 64.4 Å². The number of aromatic nitrogens is 2. The summed E-state index contributed by atoms with van der Waals surface area (Å²) in [5.41, 5.74) is 1.65. The number of rotatable bonds is 5. The molecule has 1 saturated heterocycles. The number of benzene rings is 2. The molecular formula is C21H20BrN5O2S. The minimum absolute atomic E-state index is 0.0221. The molecule has 0 unspecified atom stereocenters. The Morgan fingerprint density at radius 3 is 2.37 bits per heavy atom. The number of halogens is 1. The zero-order valence-electron chi connectivity index (χ0n) is 16.1. The number of piperazine rings is 1. The van der Waals surface area contributed by atoms with Crippen molar-refractivity contribution in [1.29, 1.82) is 0 Å². The van der Waals surface area contributed by atoms with Crippen LogP contribution in [-0.2, 0) is 4.79 Å². The van der Waals surface area contributed by atoms with Crippen molar-refractivity contribution in [2.45, 2.75) is 0 Å². The molecule has 1 N–H and O–H groups in total. The van der Waals surface area contributed by atoms with Crippen molar-refractivity contribution in [1.82, 2.24) is 20.0 Å². The smallest absolute Gasteiger partial charge is 0.253 e. The molecule has 154 valence electrons. The Labute approximate surface area is 186 Å². The minimum atomic E-state index is -0.126. The maximum atomic E-state index is 12.6. The molecule has 0 bridgehead atoms. The van der Waals surface area contributed by atoms with Gasteiger partial charge < -0.3 is 4.90 Å². The summed E-state index contributed by atoms with van der Waals surface area (Å²) in [5, 5.41) is 12.3. The summed E-state index contributed by atoms with van der Waals surface area (Å²) in [6.07, 6.45) is 0. The van der Waals surface area contributed by atoms with E-state index in [0.717, 1.165) is 15.0 Å². The van der Waals surface area contributed by atoms with Crippen molar-refractivity contribution in [3.05, 3.63) is 64.6 Å². The average molecular weight is 486 g/mol. The molecule has 0 radical (unpaired) electrons. The second-order valence-electron chi connectivity index (χ2n) is 6.90. The van der Waals surface area contributed by atoms with Gasteiger partial charge in [0.25, 0.3) is 5.91 Å². The van der Waals surface area contributed by atoms with Gasteiger partial charge in [-0.15, -0.1) is 10.2 Å². The number of nitrogens with one attached hydrogen (secondary N) is 1. The normalized spacial score (nSPS) is 14.5. The van der Waals surface area contributed by atoms with E-state index in [1.165, 1.54) is 11.3 Å². The molecule has 1 fully saturated rings. The van der Waals surface area contributed by atoms with Gasteiger partial charge in [-0.1, -0.05) is 57.6 Å². The van der Waals surface area contributed by atoms with Crippen molar-refractivity contribution in [3.63, 3.8) is 0 Å². The van der Waals surface area contributed by atoms with Crippen molar-refractivity contribution < 1.29 is 9.59 Å². The Balaban J connectivity index is 1.26. The largest absolute Gasteiger partial charge is 0.336 e. The molecular weight excluding hydrogens is 466 g/mol. The van der Waals surface area contributed by atoms with E-state index in [4.69, 9.17) is 0 Å². The quantitative estimate of drug-likeness (QED) is 0.599. The predicted molar refractivity (Wildman–Crippen MR) is 120 cm³/mol. The molecule has 0 aliphatic carbocycles. The summed E-state index contributed by atoms with van der Waals surface area (Å²) in [4.78, 5) is 28.9. The van der Waals surface area contributed by atoms with Crippen LogP contribution >= 0.6 is 27.3 Å². The standard InChI is InChI=1S/C21H20BrN5O2S/c22-17-8-6-16(7-9-17)20(29)27-12-10-26(11-13-27)14-18(28)23-21-25-24-19(30-21)15-4-2-1-3-5-15/h1-9H,10-14H2,(H,23,25,28). The lowest BCUT2D eigenvalue weighted by atomic mass is 10.2. The van der Waals surface area contributed by atoms with Crippen LogP contribution in [0.25, 0.3) is 10.6 Å². The Morgan fingerprint density at radius 1 is 0.967 bits per heavy atom. The topological polar surface area (TPSA) is 78.4 Å². The monoisotopic (exact) mass is 485 g/mol. The molecule has 4 rings (SSSR count). The zero-order chi connectivity index (χ0) is 20.9. The maximum Gasteiger partial charge on any atom is 0.253 e. The van der Waals surface area contributed by atoms with Gasteiger partial charge in [-0.3, -0.25) is 19.8 Å². The third kappa shape index (κ3) is 5.10. The van der Waals surface area contributed by atoms with Crippen LogP contribution in [-0.4, -0.2) is 64.5 Å². The van der Waals surface area contributed by atoms with Crippen LogP contribution in [0.1, 0.15) is 10.4 Å². The van der Waals surface area contributed by atoms with Crippen molar-refractivity contribution in [3.8, 4) is 10.6 Å². The molecule has 2 amide bonds. The molecule has 1 aromatic heterocycles. The first-order valence-corrected chi connectivity index (χ1v) is 11.2. The maximum absolute atomic E-state index is 12.6.